The van der Waals surface area contributed by atoms with E-state index in [-0.39, 0.29) is 23.7 Å². The predicted molar refractivity (Wildman–Crippen MR) is 163 cm³/mol. The second-order valence-electron chi connectivity index (χ2n) is 11.4. The van der Waals surface area contributed by atoms with E-state index in [1.54, 1.807) is 28.1 Å². The number of hydrogen-bond donors (Lipinski definition) is 2. The number of methoxy groups -OCH3 is 1. The molecule has 0 spiro atoms. The fraction of sp³-hybridized carbons (Fsp3) is 0.367. The summed E-state index contributed by atoms with van der Waals surface area (Å²) < 4.78 is 10.4. The molecule has 12 nitrogen and oxygen atoms in total. The molecule has 3 aromatic heterocycles. The number of piperidine rings is 1. The normalized spacial score (nSPS) is 19.8. The van der Waals surface area contributed by atoms with Gasteiger partial charge in [-0.2, -0.15) is 15.2 Å². The van der Waals surface area contributed by atoms with E-state index in [0.29, 0.717) is 52.6 Å². The van der Waals surface area contributed by atoms with E-state index >= 15 is 0 Å². The van der Waals surface area contributed by atoms with Crippen LogP contribution in [0.15, 0.2) is 47.4 Å². The quantitative estimate of drug-likeness (QED) is 0.296. The van der Waals surface area contributed by atoms with Gasteiger partial charge in [0.15, 0.2) is 5.65 Å². The number of amides is 1. The summed E-state index contributed by atoms with van der Waals surface area (Å²) in [6.45, 7) is 0.382. The van der Waals surface area contributed by atoms with Crippen molar-refractivity contribution in [1.82, 2.24) is 34.4 Å². The Kier molecular flexibility index (Phi) is 6.53. The lowest BCUT2D eigenvalue weighted by molar-refractivity contribution is 0.185. The molecule has 2 aliphatic heterocycles. The number of benzene rings is 2. The molecule has 222 valence electrons. The van der Waals surface area contributed by atoms with Gasteiger partial charge in [0.25, 0.3) is 5.56 Å². The predicted octanol–water partition coefficient (Wildman–Crippen LogP) is 4.16. The third kappa shape index (κ3) is 4.56. The zero-order chi connectivity index (χ0) is 30.0. The third-order valence-electron chi connectivity index (χ3n) is 8.73. The molecule has 13 heteroatoms. The van der Waals surface area contributed by atoms with Crippen LogP contribution in [0, 0.1) is 0 Å². The SMILES string of the molecule is COc1ccc(Cn2nc3nc(N4C5CCC4CC(NC(=O)O)C5)n(C)c(=O)c3c2-c2ccc3nn(C)cc3c2Cl)cc1. The Balaban J connectivity index is 1.39. The number of hydrogen-bond acceptors (Lipinski definition) is 7. The monoisotopic (exact) mass is 602 g/mol. The van der Waals surface area contributed by atoms with Crippen LogP contribution in [0.5, 0.6) is 5.75 Å². The number of anilines is 1. The van der Waals surface area contributed by atoms with E-state index in [2.05, 4.69) is 15.3 Å². The van der Waals surface area contributed by atoms with Crippen molar-refractivity contribution in [2.45, 2.75) is 50.4 Å². The standard InChI is InChI=1S/C30H31ClN8O4/c1-36-15-22-23(34-36)11-10-21(25(22)31)26-24-27(35-38(26)14-16-4-8-20(43-3)9-5-16)33-29(37(2)28(24)40)39-18-6-7-19(39)13-17(12-18)32-30(41)42/h4-5,8-11,15,17-19,32H,6-7,12-14H2,1-3H3,(H,41,42). The molecule has 43 heavy (non-hydrogen) atoms. The van der Waals surface area contributed by atoms with Gasteiger partial charge in [0.05, 0.1) is 29.9 Å². The second kappa shape index (κ2) is 10.3. The van der Waals surface area contributed by atoms with Crippen molar-refractivity contribution in [3.63, 3.8) is 0 Å². The fourth-order valence-electron chi connectivity index (χ4n) is 6.83. The van der Waals surface area contributed by atoms with Gasteiger partial charge >= 0.3 is 6.09 Å². The van der Waals surface area contributed by atoms with Gasteiger partial charge in [-0.25, -0.2) is 4.79 Å². The van der Waals surface area contributed by atoms with Crippen molar-refractivity contribution < 1.29 is 14.6 Å². The highest BCUT2D eigenvalue weighted by Crippen LogP contribution is 2.40. The maximum Gasteiger partial charge on any atom is 0.404 e. The first-order valence-electron chi connectivity index (χ1n) is 14.2. The molecule has 2 aromatic carbocycles. The third-order valence-corrected chi connectivity index (χ3v) is 9.14. The number of nitrogens with zero attached hydrogens (tertiary/aromatic N) is 7. The van der Waals surface area contributed by atoms with Gasteiger partial charge in [-0.15, -0.1) is 0 Å². The second-order valence-corrected chi connectivity index (χ2v) is 11.8. The average molecular weight is 603 g/mol. The van der Waals surface area contributed by atoms with Crippen molar-refractivity contribution in [2.24, 2.45) is 14.1 Å². The minimum atomic E-state index is -1.01. The number of carboxylic acid groups (broad SMARTS) is 1. The van der Waals surface area contributed by atoms with Gasteiger partial charge in [-0.05, 0) is 55.5 Å². The Morgan fingerprint density at radius 2 is 1.81 bits per heavy atom. The molecule has 1 amide bonds. The number of halogens is 1. The Labute approximate surface area is 251 Å². The van der Waals surface area contributed by atoms with E-state index in [1.165, 1.54) is 0 Å². The zero-order valence-electron chi connectivity index (χ0n) is 24.0. The first-order valence-corrected chi connectivity index (χ1v) is 14.6. The molecule has 2 aliphatic rings. The van der Waals surface area contributed by atoms with Crippen LogP contribution in [0.25, 0.3) is 33.2 Å². The van der Waals surface area contributed by atoms with Crippen LogP contribution in [0.4, 0.5) is 10.7 Å². The van der Waals surface area contributed by atoms with Crippen LogP contribution >= 0.6 is 11.6 Å². The van der Waals surface area contributed by atoms with E-state index in [9.17, 15) is 14.7 Å². The van der Waals surface area contributed by atoms with Crippen LogP contribution in [0.3, 0.4) is 0 Å². The minimum absolute atomic E-state index is 0.0782. The van der Waals surface area contributed by atoms with E-state index in [4.69, 9.17) is 26.4 Å². The lowest BCUT2D eigenvalue weighted by Gasteiger charge is -2.39. The van der Waals surface area contributed by atoms with Crippen molar-refractivity contribution in [1.29, 1.82) is 0 Å². The number of ether oxygens (including phenoxy) is 1. The van der Waals surface area contributed by atoms with E-state index < -0.39 is 6.09 Å². The highest BCUT2D eigenvalue weighted by molar-refractivity contribution is 6.38. The van der Waals surface area contributed by atoms with Gasteiger partial charge in [-0.3, -0.25) is 18.7 Å². The Hall–Kier alpha value is -4.58. The van der Waals surface area contributed by atoms with Gasteiger partial charge < -0.3 is 20.1 Å². The van der Waals surface area contributed by atoms with Crippen LogP contribution in [0.2, 0.25) is 5.02 Å². The van der Waals surface area contributed by atoms with Crippen LogP contribution in [0.1, 0.15) is 31.2 Å². The molecular weight excluding hydrogens is 572 g/mol. The summed E-state index contributed by atoms with van der Waals surface area (Å²) in [5.74, 6) is 1.30. The van der Waals surface area contributed by atoms with Gasteiger partial charge in [0.1, 0.15) is 11.1 Å². The molecule has 5 heterocycles. The minimum Gasteiger partial charge on any atom is -0.497 e. The summed E-state index contributed by atoms with van der Waals surface area (Å²) in [6.07, 6.45) is 4.00. The lowest BCUT2D eigenvalue weighted by atomic mass is 9.98. The fourth-order valence-corrected chi connectivity index (χ4v) is 7.13. The summed E-state index contributed by atoms with van der Waals surface area (Å²) in [5.41, 5.74) is 3.11. The molecule has 0 aliphatic carbocycles. The Morgan fingerprint density at radius 1 is 1.09 bits per heavy atom. The summed E-state index contributed by atoms with van der Waals surface area (Å²) >= 11 is 7.01. The van der Waals surface area contributed by atoms with Crippen molar-refractivity contribution in [3.05, 3.63) is 63.5 Å². The maximum absolute atomic E-state index is 14.2. The Bertz CT molecular complexity index is 1930. The molecule has 2 fully saturated rings. The number of rotatable bonds is 6. The number of carbonyl (C=O) groups is 1. The highest BCUT2D eigenvalue weighted by atomic mass is 35.5. The lowest BCUT2D eigenvalue weighted by Crippen LogP contribution is -2.51. The van der Waals surface area contributed by atoms with Gasteiger partial charge in [-0.1, -0.05) is 23.7 Å². The number of nitrogens with one attached hydrogen (secondary N) is 1. The molecule has 0 radical (unpaired) electrons. The largest absolute Gasteiger partial charge is 0.497 e. The molecule has 5 aromatic rings. The van der Waals surface area contributed by atoms with Crippen LogP contribution in [-0.4, -0.2) is 65.5 Å². The molecule has 2 atom stereocenters. The van der Waals surface area contributed by atoms with E-state index in [0.717, 1.165) is 35.1 Å². The first kappa shape index (κ1) is 27.3. The summed E-state index contributed by atoms with van der Waals surface area (Å²) in [5, 5.41) is 22.9. The highest BCUT2D eigenvalue weighted by Gasteiger charge is 2.43. The first-order chi connectivity index (χ1) is 20.7. The summed E-state index contributed by atoms with van der Waals surface area (Å²) in [7, 11) is 5.20. The molecule has 2 unspecified atom stereocenters. The van der Waals surface area contributed by atoms with Crippen molar-refractivity contribution >= 4 is 45.6 Å². The molecule has 2 N–H and O–H groups in total. The van der Waals surface area contributed by atoms with Crippen molar-refractivity contribution in [3.8, 4) is 17.0 Å². The molecule has 2 saturated heterocycles. The molecule has 7 rings (SSSR count). The molecular formula is C30H31ClN8O4. The number of aromatic nitrogens is 6. The smallest absolute Gasteiger partial charge is 0.404 e. The van der Waals surface area contributed by atoms with Crippen molar-refractivity contribution in [2.75, 3.05) is 12.0 Å². The van der Waals surface area contributed by atoms with E-state index in [1.807, 2.05) is 49.6 Å². The molecule has 2 bridgehead atoms. The average Bonchev–Trinajstić information content (AvgIpc) is 3.62. The Morgan fingerprint density at radius 3 is 2.49 bits per heavy atom. The maximum atomic E-state index is 14.2. The summed E-state index contributed by atoms with van der Waals surface area (Å²) in [4.78, 5) is 32.7. The number of aryl methyl sites for hydroxylation is 1. The van der Waals surface area contributed by atoms with Gasteiger partial charge in [0, 0.05) is 49.4 Å². The van der Waals surface area contributed by atoms with Crippen LogP contribution < -0.4 is 20.5 Å². The topological polar surface area (TPSA) is 132 Å². The number of fused-ring (bicyclic) bond motifs is 4. The zero-order valence-corrected chi connectivity index (χ0v) is 24.7. The summed E-state index contributed by atoms with van der Waals surface area (Å²) in [6, 6.07) is 11.5. The molecule has 0 saturated carbocycles. The van der Waals surface area contributed by atoms with Gasteiger partial charge in [0.2, 0.25) is 5.95 Å². The van der Waals surface area contributed by atoms with Crippen LogP contribution in [-0.2, 0) is 20.6 Å².